The molecule has 2 heterocycles. The van der Waals surface area contributed by atoms with Crippen molar-refractivity contribution in [3.8, 4) is 0 Å². The minimum atomic E-state index is -1.17. The molecule has 2 rings (SSSR count). The van der Waals surface area contributed by atoms with Gasteiger partial charge in [-0.15, -0.1) is 11.3 Å². The van der Waals surface area contributed by atoms with Crippen LogP contribution in [0.25, 0.3) is 6.08 Å². The van der Waals surface area contributed by atoms with Crippen LogP contribution in [0.2, 0.25) is 0 Å². The number of ether oxygens (including phenoxy) is 2. The molecule has 1 aromatic rings. The van der Waals surface area contributed by atoms with Crippen molar-refractivity contribution >= 4 is 56.7 Å². The van der Waals surface area contributed by atoms with Gasteiger partial charge in [-0.05, 0) is 71.3 Å². The number of carbonyl (C=O) groups is 3. The SMILES string of the molecule is CCCSSCCNC(=O)O[C@@H]([C@@H](C)CCC[C@@]1(C)O[C@H]1C[C@H](C)/C(C)=C/c1csc(C)n1)[C@@H](C)C(=O)C(C)(C)[C@@H](O)CC(C)=O. The van der Waals surface area contributed by atoms with Crippen molar-refractivity contribution in [3.63, 3.8) is 0 Å². The third-order valence-electron chi connectivity index (χ3n) is 9.21. The Kier molecular flexibility index (Phi) is 16.8. The predicted octanol–water partition coefficient (Wildman–Crippen LogP) is 8.30. The van der Waals surface area contributed by atoms with Gasteiger partial charge in [0.1, 0.15) is 17.7 Å². The van der Waals surface area contributed by atoms with Crippen molar-refractivity contribution in [1.29, 1.82) is 0 Å². The number of hydrogen-bond acceptors (Lipinski definition) is 10. The summed E-state index contributed by atoms with van der Waals surface area (Å²) in [4.78, 5) is 42.8. The van der Waals surface area contributed by atoms with Crippen LogP contribution in [-0.4, -0.2) is 69.7 Å². The minimum absolute atomic E-state index is 0.0983. The molecule has 11 heteroatoms. The molecule has 0 saturated carbocycles. The number of carbonyl (C=O) groups excluding carboxylic acids is 3. The number of aliphatic hydroxyl groups excluding tert-OH is 1. The maximum absolute atomic E-state index is 13.7. The maximum atomic E-state index is 13.7. The zero-order valence-corrected chi connectivity index (χ0v) is 32.1. The van der Waals surface area contributed by atoms with Crippen molar-refractivity contribution in [2.24, 2.45) is 23.2 Å². The Balaban J connectivity index is 2.00. The monoisotopic (exact) mass is 698 g/mol. The second kappa shape index (κ2) is 19.0. The van der Waals surface area contributed by atoms with E-state index < -0.39 is 29.6 Å². The number of thiazole rings is 1. The van der Waals surface area contributed by atoms with Crippen LogP contribution in [0, 0.1) is 30.1 Å². The molecule has 0 spiro atoms. The molecular formula is C35H58N2O6S3. The topological polar surface area (TPSA) is 118 Å². The van der Waals surface area contributed by atoms with E-state index >= 15 is 0 Å². The molecule has 0 unspecified atom stereocenters. The minimum Gasteiger partial charge on any atom is -0.445 e. The molecule has 1 saturated heterocycles. The number of hydrogen-bond donors (Lipinski definition) is 2. The van der Waals surface area contributed by atoms with Crippen molar-refractivity contribution in [1.82, 2.24) is 10.3 Å². The van der Waals surface area contributed by atoms with Crippen molar-refractivity contribution in [3.05, 3.63) is 21.7 Å². The fraction of sp³-hybridized carbons (Fsp3) is 0.771. The molecule has 8 nitrogen and oxygen atoms in total. The highest BCUT2D eigenvalue weighted by Gasteiger charge is 2.51. The first-order valence-electron chi connectivity index (χ1n) is 16.7. The first-order valence-corrected chi connectivity index (χ1v) is 20.1. The number of nitrogens with one attached hydrogen (secondary N) is 1. The first kappa shape index (κ1) is 40.8. The van der Waals surface area contributed by atoms with Gasteiger partial charge in [0.2, 0.25) is 0 Å². The van der Waals surface area contributed by atoms with E-state index in [4.69, 9.17) is 9.47 Å². The molecule has 1 fully saturated rings. The second-order valence-electron chi connectivity index (χ2n) is 13.8. The molecule has 262 valence electrons. The lowest BCUT2D eigenvalue weighted by atomic mass is 9.72. The summed E-state index contributed by atoms with van der Waals surface area (Å²) in [6.07, 6.45) is 4.46. The Labute approximate surface area is 289 Å². The number of Topliss-reactive ketones (excluding diaryl/α,β-unsaturated/α-hetero) is 2. The molecule has 1 amide bonds. The van der Waals surface area contributed by atoms with Crippen LogP contribution >= 0.6 is 32.9 Å². The summed E-state index contributed by atoms with van der Waals surface area (Å²) in [6, 6.07) is 0. The molecular weight excluding hydrogens is 641 g/mol. The van der Waals surface area contributed by atoms with E-state index in [1.54, 1.807) is 53.7 Å². The summed E-state index contributed by atoms with van der Waals surface area (Å²) in [5, 5.41) is 16.7. The van der Waals surface area contributed by atoms with Gasteiger partial charge in [-0.25, -0.2) is 9.78 Å². The lowest BCUT2D eigenvalue weighted by Crippen LogP contribution is -2.47. The highest BCUT2D eigenvalue weighted by molar-refractivity contribution is 8.76. The lowest BCUT2D eigenvalue weighted by molar-refractivity contribution is -0.142. The highest BCUT2D eigenvalue weighted by atomic mass is 33.1. The standard InChI is InChI=1S/C35H58N2O6S3/c1-11-16-45-46-17-15-36-33(41)42-31(26(6)32(40)34(8,9)29(39)20-25(5)38)22(2)13-12-14-35(10)30(43-35)19-24(4)23(3)18-28-21-44-27(7)37-28/h18,21-22,24,26,29-31,39H,11-17,19-20H2,1-10H3,(H,36,41)/b23-18+/t22-,24-,26+,29-,30-,31-,35+/m0/s1. The molecule has 7 atom stereocenters. The zero-order valence-electron chi connectivity index (χ0n) is 29.6. The van der Waals surface area contributed by atoms with Crippen LogP contribution in [0.5, 0.6) is 0 Å². The van der Waals surface area contributed by atoms with Gasteiger partial charge in [-0.1, -0.05) is 75.1 Å². The summed E-state index contributed by atoms with van der Waals surface area (Å²) in [5.74, 6) is 1.03. The maximum Gasteiger partial charge on any atom is 0.407 e. The molecule has 0 aliphatic carbocycles. The molecule has 0 aromatic carbocycles. The van der Waals surface area contributed by atoms with Gasteiger partial charge >= 0.3 is 6.09 Å². The average molecular weight is 699 g/mol. The number of aliphatic hydroxyl groups is 1. The largest absolute Gasteiger partial charge is 0.445 e. The van der Waals surface area contributed by atoms with E-state index in [1.165, 1.54) is 12.5 Å². The van der Waals surface area contributed by atoms with Gasteiger partial charge in [0.05, 0.1) is 39.8 Å². The summed E-state index contributed by atoms with van der Waals surface area (Å²) < 4.78 is 12.2. The lowest BCUT2D eigenvalue weighted by Gasteiger charge is -2.36. The number of alkyl carbamates (subject to hydrolysis) is 1. The fourth-order valence-corrected chi connectivity index (χ4v) is 8.39. The predicted molar refractivity (Wildman–Crippen MR) is 193 cm³/mol. The van der Waals surface area contributed by atoms with E-state index in [0.29, 0.717) is 12.5 Å². The van der Waals surface area contributed by atoms with Gasteiger partial charge in [0.15, 0.2) is 0 Å². The van der Waals surface area contributed by atoms with E-state index in [9.17, 15) is 19.5 Å². The molecule has 1 aromatic heterocycles. The van der Waals surface area contributed by atoms with Crippen molar-refractivity contribution < 1.29 is 29.0 Å². The van der Waals surface area contributed by atoms with Crippen molar-refractivity contribution in [2.45, 2.75) is 132 Å². The molecule has 0 bridgehead atoms. The Hall–Kier alpha value is -1.40. The number of rotatable bonds is 22. The normalized spacial score (nSPS) is 21.6. The van der Waals surface area contributed by atoms with Gasteiger partial charge in [0, 0.05) is 29.9 Å². The number of nitrogens with zero attached hydrogens (tertiary/aromatic N) is 1. The van der Waals surface area contributed by atoms with Gasteiger partial charge in [-0.2, -0.15) is 0 Å². The Bertz CT molecular complexity index is 1170. The van der Waals surface area contributed by atoms with E-state index in [0.717, 1.165) is 54.3 Å². The smallest absolute Gasteiger partial charge is 0.407 e. The van der Waals surface area contributed by atoms with Gasteiger partial charge < -0.3 is 19.9 Å². The van der Waals surface area contributed by atoms with Crippen molar-refractivity contribution in [2.75, 3.05) is 18.1 Å². The van der Waals surface area contributed by atoms with Crippen LogP contribution in [0.4, 0.5) is 4.79 Å². The quantitative estimate of drug-likeness (QED) is 0.0700. The number of epoxide rings is 1. The van der Waals surface area contributed by atoms with Crippen LogP contribution in [0.1, 0.15) is 112 Å². The summed E-state index contributed by atoms with van der Waals surface area (Å²) in [7, 11) is 3.49. The van der Waals surface area contributed by atoms with E-state index in [1.807, 2.05) is 13.8 Å². The summed E-state index contributed by atoms with van der Waals surface area (Å²) >= 11 is 1.66. The third-order valence-corrected chi connectivity index (χ3v) is 12.6. The molecule has 2 N–H and O–H groups in total. The fourth-order valence-electron chi connectivity index (χ4n) is 5.78. The van der Waals surface area contributed by atoms with E-state index in [2.05, 4.69) is 49.5 Å². The van der Waals surface area contributed by atoms with Crippen LogP contribution in [0.15, 0.2) is 11.0 Å². The Morgan fingerprint density at radius 1 is 1.22 bits per heavy atom. The number of amides is 1. The molecule has 0 radical (unpaired) electrons. The van der Waals surface area contributed by atoms with Crippen LogP contribution < -0.4 is 5.32 Å². The second-order valence-corrected chi connectivity index (χ2v) is 17.6. The van der Waals surface area contributed by atoms with E-state index in [-0.39, 0.29) is 35.6 Å². The van der Waals surface area contributed by atoms with Crippen LogP contribution in [-0.2, 0) is 19.1 Å². The molecule has 1 aliphatic heterocycles. The number of aromatic nitrogens is 1. The zero-order chi connectivity index (χ0) is 34.7. The summed E-state index contributed by atoms with van der Waals surface area (Å²) in [6.45, 7) is 19.7. The number of aryl methyl sites for hydroxylation is 1. The molecule has 1 aliphatic rings. The van der Waals surface area contributed by atoms with Gasteiger partial charge in [0.25, 0.3) is 0 Å². The Morgan fingerprint density at radius 2 is 1.89 bits per heavy atom. The third kappa shape index (κ3) is 12.9. The Morgan fingerprint density at radius 3 is 2.50 bits per heavy atom. The number of allylic oxidation sites excluding steroid dienone is 1. The van der Waals surface area contributed by atoms with Gasteiger partial charge in [-0.3, -0.25) is 9.59 Å². The average Bonchev–Trinajstić information content (AvgIpc) is 3.42. The summed E-state index contributed by atoms with van der Waals surface area (Å²) in [5.41, 5.74) is 0.955. The van der Waals surface area contributed by atoms with Crippen LogP contribution in [0.3, 0.4) is 0 Å². The molecule has 46 heavy (non-hydrogen) atoms. The number of ketones is 2. The highest BCUT2D eigenvalue weighted by Crippen LogP contribution is 2.45. The first-order chi connectivity index (χ1) is 21.5.